The molecule has 0 fully saturated rings. The summed E-state index contributed by atoms with van der Waals surface area (Å²) in [5.74, 6) is 1.62. The summed E-state index contributed by atoms with van der Waals surface area (Å²) in [7, 11) is 0. The predicted octanol–water partition coefficient (Wildman–Crippen LogP) is 3.85. The van der Waals surface area contributed by atoms with Gasteiger partial charge in [0.15, 0.2) is 0 Å². The van der Waals surface area contributed by atoms with E-state index in [-0.39, 0.29) is 0 Å². The molecule has 1 unspecified atom stereocenters. The number of rotatable bonds is 6. The number of benzene rings is 2. The maximum atomic E-state index is 5.89. The van der Waals surface area contributed by atoms with Crippen LogP contribution in [-0.4, -0.2) is 19.2 Å². The van der Waals surface area contributed by atoms with Crippen molar-refractivity contribution in [2.24, 2.45) is 5.92 Å². The molecule has 2 rings (SSSR count). The van der Waals surface area contributed by atoms with Gasteiger partial charge in [0.05, 0.1) is 0 Å². The Hall–Kier alpha value is -1.54. The first-order chi connectivity index (χ1) is 9.18. The number of hydrogen-bond acceptors (Lipinski definition) is 2. The van der Waals surface area contributed by atoms with Crippen LogP contribution < -0.4 is 10.1 Å². The molecule has 0 aliphatic rings. The van der Waals surface area contributed by atoms with Crippen molar-refractivity contribution in [3.8, 4) is 5.75 Å². The molecule has 2 heteroatoms. The summed E-state index contributed by atoms with van der Waals surface area (Å²) >= 11 is 0. The van der Waals surface area contributed by atoms with E-state index in [1.54, 1.807) is 0 Å². The summed E-state index contributed by atoms with van der Waals surface area (Å²) in [6, 6.07) is 15.0. The third-order valence-electron chi connectivity index (χ3n) is 3.58. The minimum atomic E-state index is 0.524. The van der Waals surface area contributed by atoms with E-state index in [2.05, 4.69) is 50.4 Å². The van der Waals surface area contributed by atoms with E-state index in [0.29, 0.717) is 18.6 Å². The van der Waals surface area contributed by atoms with Crippen LogP contribution >= 0.6 is 0 Å². The van der Waals surface area contributed by atoms with Gasteiger partial charge >= 0.3 is 0 Å². The maximum absolute atomic E-state index is 5.89. The van der Waals surface area contributed by atoms with Crippen LogP contribution in [-0.2, 0) is 0 Å². The Balaban J connectivity index is 1.92. The number of hydrogen-bond donors (Lipinski definition) is 1. The van der Waals surface area contributed by atoms with E-state index >= 15 is 0 Å². The molecule has 1 N–H and O–H groups in total. The van der Waals surface area contributed by atoms with Crippen molar-refractivity contribution in [2.75, 3.05) is 13.2 Å². The molecule has 0 saturated carbocycles. The van der Waals surface area contributed by atoms with Crippen molar-refractivity contribution >= 4 is 10.8 Å². The molecule has 19 heavy (non-hydrogen) atoms. The van der Waals surface area contributed by atoms with Gasteiger partial charge in [0.1, 0.15) is 12.4 Å². The minimum Gasteiger partial charge on any atom is -0.492 e. The zero-order valence-electron chi connectivity index (χ0n) is 12.0. The van der Waals surface area contributed by atoms with Gasteiger partial charge in [-0.2, -0.15) is 0 Å². The lowest BCUT2D eigenvalue weighted by atomic mass is 10.1. The smallest absolute Gasteiger partial charge is 0.127 e. The fourth-order valence-corrected chi connectivity index (χ4v) is 2.00. The molecule has 102 valence electrons. The Labute approximate surface area is 115 Å². The van der Waals surface area contributed by atoms with E-state index in [1.807, 2.05) is 18.2 Å². The van der Waals surface area contributed by atoms with Crippen LogP contribution in [0.3, 0.4) is 0 Å². The zero-order valence-corrected chi connectivity index (χ0v) is 12.0. The quantitative estimate of drug-likeness (QED) is 0.794. The molecular weight excluding hydrogens is 234 g/mol. The summed E-state index contributed by atoms with van der Waals surface area (Å²) in [4.78, 5) is 0. The van der Waals surface area contributed by atoms with Gasteiger partial charge in [-0.3, -0.25) is 0 Å². The summed E-state index contributed by atoms with van der Waals surface area (Å²) in [6.45, 7) is 8.24. The predicted molar refractivity (Wildman–Crippen MR) is 81.7 cm³/mol. The fourth-order valence-electron chi connectivity index (χ4n) is 2.00. The standard InChI is InChI=1S/C17H23NO/c1-13(2)14(3)18-11-12-19-17-10-6-8-15-7-4-5-9-16(15)17/h4-10,13-14,18H,11-12H2,1-3H3. The monoisotopic (exact) mass is 257 g/mol. The van der Waals surface area contributed by atoms with Crippen LogP contribution in [0, 0.1) is 5.92 Å². The van der Waals surface area contributed by atoms with Crippen molar-refractivity contribution in [1.82, 2.24) is 5.32 Å². The Kier molecular flexibility index (Phi) is 4.80. The van der Waals surface area contributed by atoms with Crippen LogP contribution in [0.5, 0.6) is 5.75 Å². The van der Waals surface area contributed by atoms with E-state index in [4.69, 9.17) is 4.74 Å². The molecule has 0 aromatic heterocycles. The van der Waals surface area contributed by atoms with Gasteiger partial charge in [-0.15, -0.1) is 0 Å². The summed E-state index contributed by atoms with van der Waals surface area (Å²) < 4.78 is 5.89. The fraction of sp³-hybridized carbons (Fsp3) is 0.412. The van der Waals surface area contributed by atoms with E-state index in [1.165, 1.54) is 10.8 Å². The van der Waals surface area contributed by atoms with Gasteiger partial charge in [0, 0.05) is 18.0 Å². The first-order valence-electron chi connectivity index (χ1n) is 7.02. The lowest BCUT2D eigenvalue weighted by molar-refractivity contribution is 0.300. The first kappa shape index (κ1) is 13.9. The second-order valence-corrected chi connectivity index (χ2v) is 5.31. The molecule has 0 aliphatic heterocycles. The molecule has 1 atom stereocenters. The SMILES string of the molecule is CC(C)C(C)NCCOc1cccc2ccccc12. The molecule has 0 aliphatic carbocycles. The van der Waals surface area contributed by atoms with Crippen LogP contribution in [0.2, 0.25) is 0 Å². The van der Waals surface area contributed by atoms with Gasteiger partial charge in [0.25, 0.3) is 0 Å². The van der Waals surface area contributed by atoms with Crippen molar-refractivity contribution in [1.29, 1.82) is 0 Å². The highest BCUT2D eigenvalue weighted by Crippen LogP contribution is 2.24. The molecular formula is C17H23NO. The zero-order chi connectivity index (χ0) is 13.7. The van der Waals surface area contributed by atoms with E-state index < -0.39 is 0 Å². The third-order valence-corrected chi connectivity index (χ3v) is 3.58. The van der Waals surface area contributed by atoms with Crippen LogP contribution in [0.1, 0.15) is 20.8 Å². The van der Waals surface area contributed by atoms with Crippen molar-refractivity contribution in [2.45, 2.75) is 26.8 Å². The normalized spacial score (nSPS) is 12.8. The van der Waals surface area contributed by atoms with Gasteiger partial charge in [-0.25, -0.2) is 0 Å². The number of fused-ring (bicyclic) bond motifs is 1. The van der Waals surface area contributed by atoms with Crippen LogP contribution in [0.25, 0.3) is 10.8 Å². The Morgan fingerprint density at radius 1 is 1.00 bits per heavy atom. The number of ether oxygens (including phenoxy) is 1. The average Bonchev–Trinajstić information content (AvgIpc) is 2.43. The second-order valence-electron chi connectivity index (χ2n) is 5.31. The molecule has 0 spiro atoms. The molecule has 0 heterocycles. The highest BCUT2D eigenvalue weighted by atomic mass is 16.5. The van der Waals surface area contributed by atoms with Crippen molar-refractivity contribution in [3.63, 3.8) is 0 Å². The Bertz CT molecular complexity index is 516. The van der Waals surface area contributed by atoms with Crippen LogP contribution in [0.4, 0.5) is 0 Å². The molecule has 2 nitrogen and oxygen atoms in total. The molecule has 0 radical (unpaired) electrons. The van der Waals surface area contributed by atoms with E-state index in [9.17, 15) is 0 Å². The molecule has 0 amide bonds. The third kappa shape index (κ3) is 3.71. The summed E-state index contributed by atoms with van der Waals surface area (Å²) in [5.41, 5.74) is 0. The van der Waals surface area contributed by atoms with Crippen molar-refractivity contribution < 1.29 is 4.74 Å². The van der Waals surface area contributed by atoms with E-state index in [0.717, 1.165) is 12.3 Å². The highest BCUT2D eigenvalue weighted by molar-refractivity contribution is 5.88. The summed E-state index contributed by atoms with van der Waals surface area (Å²) in [6.07, 6.45) is 0. The van der Waals surface area contributed by atoms with Crippen molar-refractivity contribution in [3.05, 3.63) is 42.5 Å². The molecule has 0 bridgehead atoms. The topological polar surface area (TPSA) is 21.3 Å². The molecule has 2 aromatic rings. The largest absolute Gasteiger partial charge is 0.492 e. The van der Waals surface area contributed by atoms with Gasteiger partial charge in [0.2, 0.25) is 0 Å². The van der Waals surface area contributed by atoms with Gasteiger partial charge < -0.3 is 10.1 Å². The maximum Gasteiger partial charge on any atom is 0.127 e. The number of nitrogens with one attached hydrogen (secondary N) is 1. The summed E-state index contributed by atoms with van der Waals surface area (Å²) in [5, 5.41) is 5.88. The first-order valence-corrected chi connectivity index (χ1v) is 7.02. The average molecular weight is 257 g/mol. The molecule has 0 saturated heterocycles. The Morgan fingerprint density at radius 3 is 2.53 bits per heavy atom. The lowest BCUT2D eigenvalue weighted by Crippen LogP contribution is -2.33. The Morgan fingerprint density at radius 2 is 1.74 bits per heavy atom. The minimum absolute atomic E-state index is 0.524. The lowest BCUT2D eigenvalue weighted by Gasteiger charge is -2.17. The van der Waals surface area contributed by atoms with Gasteiger partial charge in [-0.05, 0) is 24.3 Å². The van der Waals surface area contributed by atoms with Gasteiger partial charge in [-0.1, -0.05) is 50.2 Å². The van der Waals surface area contributed by atoms with Crippen LogP contribution in [0.15, 0.2) is 42.5 Å². The second kappa shape index (κ2) is 6.58. The molecule has 2 aromatic carbocycles. The highest BCUT2D eigenvalue weighted by Gasteiger charge is 2.05.